The Balaban J connectivity index is 1.96. The molecule has 18 heavy (non-hydrogen) atoms. The van der Waals surface area contributed by atoms with Gasteiger partial charge < -0.3 is 15.8 Å². The summed E-state index contributed by atoms with van der Waals surface area (Å²) in [7, 11) is 1.62. The van der Waals surface area contributed by atoms with Crippen molar-refractivity contribution >= 4 is 5.91 Å². The minimum absolute atomic E-state index is 0.00210. The Morgan fingerprint density at radius 1 is 1.61 bits per heavy atom. The summed E-state index contributed by atoms with van der Waals surface area (Å²) in [5.74, 6) is -0.00210. The number of carbonyl (C=O) groups is 1. The van der Waals surface area contributed by atoms with Crippen LogP contribution < -0.4 is 11.1 Å². The summed E-state index contributed by atoms with van der Waals surface area (Å²) in [6.07, 6.45) is 4.55. The number of carbonyl (C=O) groups excluding carboxylic acids is 1. The lowest BCUT2D eigenvalue weighted by Gasteiger charge is -2.09. The van der Waals surface area contributed by atoms with E-state index >= 15 is 0 Å². The van der Waals surface area contributed by atoms with Gasteiger partial charge in [0.15, 0.2) is 0 Å². The second-order valence-electron chi connectivity index (χ2n) is 4.10. The van der Waals surface area contributed by atoms with Crippen LogP contribution in [-0.4, -0.2) is 47.6 Å². The van der Waals surface area contributed by atoms with Crippen LogP contribution in [0.2, 0.25) is 0 Å². The van der Waals surface area contributed by atoms with Crippen LogP contribution in [0.4, 0.5) is 0 Å². The van der Waals surface area contributed by atoms with Crippen molar-refractivity contribution in [2.24, 2.45) is 5.73 Å². The molecule has 1 aromatic heterocycles. The van der Waals surface area contributed by atoms with E-state index in [1.807, 2.05) is 0 Å². The molecule has 1 unspecified atom stereocenters. The maximum atomic E-state index is 10.9. The van der Waals surface area contributed by atoms with E-state index in [0.717, 1.165) is 25.0 Å². The van der Waals surface area contributed by atoms with E-state index in [-0.39, 0.29) is 11.9 Å². The van der Waals surface area contributed by atoms with E-state index in [9.17, 15) is 4.79 Å². The standard InChI is InChI=1S/C11H21N5O2/c1-13-11(17)4-6-18-5-2-3-9(12)7-10-8-14-16-15-10/h8-9H,2-7,12H2,1H3,(H,13,17)(H,14,15,16). The van der Waals surface area contributed by atoms with Crippen LogP contribution in [-0.2, 0) is 16.0 Å². The van der Waals surface area contributed by atoms with Gasteiger partial charge >= 0.3 is 0 Å². The first kappa shape index (κ1) is 14.6. The number of nitrogens with zero attached hydrogens (tertiary/aromatic N) is 2. The maximum Gasteiger partial charge on any atom is 0.222 e. The molecule has 1 amide bonds. The lowest BCUT2D eigenvalue weighted by Crippen LogP contribution is -2.23. The molecule has 0 spiro atoms. The highest BCUT2D eigenvalue weighted by molar-refractivity contribution is 5.75. The molecule has 0 radical (unpaired) electrons. The lowest BCUT2D eigenvalue weighted by molar-refractivity contribution is -0.121. The van der Waals surface area contributed by atoms with Gasteiger partial charge in [-0.15, -0.1) is 0 Å². The molecular weight excluding hydrogens is 234 g/mol. The second-order valence-corrected chi connectivity index (χ2v) is 4.10. The van der Waals surface area contributed by atoms with Crippen molar-refractivity contribution in [3.05, 3.63) is 11.9 Å². The van der Waals surface area contributed by atoms with Crippen molar-refractivity contribution in [2.75, 3.05) is 20.3 Å². The molecule has 0 aromatic carbocycles. The first-order valence-corrected chi connectivity index (χ1v) is 6.11. The summed E-state index contributed by atoms with van der Waals surface area (Å²) in [4.78, 5) is 10.9. The van der Waals surface area contributed by atoms with Crippen LogP contribution in [0.5, 0.6) is 0 Å². The fraction of sp³-hybridized carbons (Fsp3) is 0.727. The van der Waals surface area contributed by atoms with Crippen molar-refractivity contribution in [1.82, 2.24) is 20.7 Å². The fourth-order valence-corrected chi connectivity index (χ4v) is 1.53. The molecule has 1 aromatic rings. The van der Waals surface area contributed by atoms with Gasteiger partial charge in [0, 0.05) is 32.5 Å². The van der Waals surface area contributed by atoms with Crippen LogP contribution in [0.1, 0.15) is 25.0 Å². The number of nitrogens with one attached hydrogen (secondary N) is 2. The Bertz CT molecular complexity index is 328. The SMILES string of the molecule is CNC(=O)CCOCCCC(N)Cc1cn[nH]n1. The Labute approximate surface area is 106 Å². The molecule has 7 heteroatoms. The summed E-state index contributed by atoms with van der Waals surface area (Å²) in [6, 6.07) is 0.0673. The highest BCUT2D eigenvalue weighted by atomic mass is 16.5. The lowest BCUT2D eigenvalue weighted by atomic mass is 10.1. The molecule has 7 nitrogen and oxygen atoms in total. The van der Waals surface area contributed by atoms with E-state index in [2.05, 4.69) is 20.7 Å². The fourth-order valence-electron chi connectivity index (χ4n) is 1.53. The van der Waals surface area contributed by atoms with E-state index in [1.54, 1.807) is 13.2 Å². The monoisotopic (exact) mass is 255 g/mol. The number of hydrogen-bond donors (Lipinski definition) is 3. The number of nitrogens with two attached hydrogens (primary N) is 1. The van der Waals surface area contributed by atoms with Gasteiger partial charge in [0.1, 0.15) is 0 Å². The zero-order valence-corrected chi connectivity index (χ0v) is 10.7. The molecule has 0 aliphatic heterocycles. The zero-order chi connectivity index (χ0) is 13.2. The molecule has 0 aliphatic rings. The van der Waals surface area contributed by atoms with E-state index in [4.69, 9.17) is 10.5 Å². The third kappa shape index (κ3) is 6.31. The number of aromatic nitrogens is 3. The van der Waals surface area contributed by atoms with Gasteiger partial charge in [-0.05, 0) is 12.8 Å². The van der Waals surface area contributed by atoms with E-state index in [1.165, 1.54) is 0 Å². The van der Waals surface area contributed by atoms with Crippen LogP contribution in [0.3, 0.4) is 0 Å². The van der Waals surface area contributed by atoms with Gasteiger partial charge in [0.2, 0.25) is 5.91 Å². The molecule has 1 rings (SSSR count). The van der Waals surface area contributed by atoms with Crippen molar-refractivity contribution in [1.29, 1.82) is 0 Å². The largest absolute Gasteiger partial charge is 0.381 e. The Hall–Kier alpha value is -1.47. The quantitative estimate of drug-likeness (QED) is 0.521. The molecule has 0 bridgehead atoms. The molecule has 1 heterocycles. The van der Waals surface area contributed by atoms with Gasteiger partial charge in [-0.25, -0.2) is 0 Å². The van der Waals surface area contributed by atoms with Crippen LogP contribution in [0, 0.1) is 0 Å². The number of aromatic amines is 1. The number of amides is 1. The van der Waals surface area contributed by atoms with E-state index < -0.39 is 0 Å². The minimum Gasteiger partial charge on any atom is -0.381 e. The van der Waals surface area contributed by atoms with Crippen molar-refractivity contribution in [3.63, 3.8) is 0 Å². The van der Waals surface area contributed by atoms with Gasteiger partial charge in [-0.1, -0.05) is 0 Å². The first-order chi connectivity index (χ1) is 8.72. The average Bonchev–Trinajstić information content (AvgIpc) is 2.85. The number of hydrogen-bond acceptors (Lipinski definition) is 5. The van der Waals surface area contributed by atoms with Gasteiger partial charge in [-0.3, -0.25) is 4.79 Å². The average molecular weight is 255 g/mol. The Morgan fingerprint density at radius 2 is 2.44 bits per heavy atom. The van der Waals surface area contributed by atoms with Crippen LogP contribution in [0.25, 0.3) is 0 Å². The summed E-state index contributed by atoms with van der Waals surface area (Å²) < 4.78 is 5.34. The second kappa shape index (κ2) is 8.60. The third-order valence-electron chi connectivity index (χ3n) is 2.55. The molecule has 0 aliphatic carbocycles. The van der Waals surface area contributed by atoms with Gasteiger partial charge in [0.05, 0.1) is 18.5 Å². The number of rotatable bonds is 9. The number of ether oxygens (including phenoxy) is 1. The zero-order valence-electron chi connectivity index (χ0n) is 10.7. The molecule has 0 fully saturated rings. The molecule has 0 saturated carbocycles. The minimum atomic E-state index is -0.00210. The highest BCUT2D eigenvalue weighted by Gasteiger charge is 2.06. The summed E-state index contributed by atoms with van der Waals surface area (Å²) >= 11 is 0. The molecule has 1 atom stereocenters. The molecular formula is C11H21N5O2. The smallest absolute Gasteiger partial charge is 0.222 e. The maximum absolute atomic E-state index is 10.9. The van der Waals surface area contributed by atoms with Gasteiger partial charge in [0.25, 0.3) is 0 Å². The Kier molecular flexibility index (Phi) is 6.97. The predicted octanol–water partition coefficient (Wildman–Crippen LogP) is -0.393. The van der Waals surface area contributed by atoms with E-state index in [0.29, 0.717) is 19.6 Å². The number of H-pyrrole nitrogens is 1. The topological polar surface area (TPSA) is 106 Å². The normalized spacial score (nSPS) is 12.3. The molecule has 0 saturated heterocycles. The molecule has 4 N–H and O–H groups in total. The van der Waals surface area contributed by atoms with Crippen molar-refractivity contribution in [2.45, 2.75) is 31.7 Å². The van der Waals surface area contributed by atoms with Crippen LogP contribution >= 0.6 is 0 Å². The summed E-state index contributed by atoms with van der Waals surface area (Å²) in [5, 5.41) is 12.8. The first-order valence-electron chi connectivity index (χ1n) is 6.11. The van der Waals surface area contributed by atoms with Crippen molar-refractivity contribution in [3.8, 4) is 0 Å². The summed E-state index contributed by atoms with van der Waals surface area (Å²) in [6.45, 7) is 1.09. The highest BCUT2D eigenvalue weighted by Crippen LogP contribution is 2.02. The van der Waals surface area contributed by atoms with Crippen LogP contribution in [0.15, 0.2) is 6.20 Å². The predicted molar refractivity (Wildman–Crippen MR) is 66.8 cm³/mol. The molecule has 102 valence electrons. The van der Waals surface area contributed by atoms with Gasteiger partial charge in [-0.2, -0.15) is 15.4 Å². The third-order valence-corrected chi connectivity index (χ3v) is 2.55. The van der Waals surface area contributed by atoms with Crippen molar-refractivity contribution < 1.29 is 9.53 Å². The summed E-state index contributed by atoms with van der Waals surface area (Å²) in [5.41, 5.74) is 6.83. The Morgan fingerprint density at radius 3 is 3.11 bits per heavy atom.